The molecule has 2 fully saturated rings. The molecule has 2 atom stereocenters. The number of carboxylic acids is 1. The first-order chi connectivity index (χ1) is 11.7. The Hall–Kier alpha value is -1.45. The van der Waals surface area contributed by atoms with Crippen LogP contribution in [0.15, 0.2) is 11.0 Å². The predicted octanol–water partition coefficient (Wildman–Crippen LogP) is 1.31. The van der Waals surface area contributed by atoms with Gasteiger partial charge in [-0.1, -0.05) is 0 Å². The number of nitrogens with zero attached hydrogens (tertiary/aromatic N) is 2. The number of carbonyl (C=O) groups is 2. The molecule has 2 aliphatic rings. The molecule has 138 valence electrons. The van der Waals surface area contributed by atoms with Gasteiger partial charge in [0.15, 0.2) is 0 Å². The molecule has 1 saturated heterocycles. The molecule has 0 aromatic carbocycles. The van der Waals surface area contributed by atoms with E-state index in [1.807, 2.05) is 6.92 Å². The van der Waals surface area contributed by atoms with Gasteiger partial charge in [-0.3, -0.25) is 9.59 Å². The molecule has 25 heavy (non-hydrogen) atoms. The predicted molar refractivity (Wildman–Crippen MR) is 93.0 cm³/mol. The van der Waals surface area contributed by atoms with Crippen LogP contribution in [0, 0.1) is 25.7 Å². The number of hydrogen-bond acceptors (Lipinski definition) is 5. The minimum Gasteiger partial charge on any atom is -0.481 e. The first kappa shape index (κ1) is 18.3. The zero-order valence-electron chi connectivity index (χ0n) is 14.3. The Kier molecular flexibility index (Phi) is 4.91. The molecule has 1 aliphatic carbocycles. The van der Waals surface area contributed by atoms with E-state index < -0.39 is 27.8 Å². The molecule has 7 nitrogen and oxygen atoms in total. The maximum absolute atomic E-state index is 12.8. The number of hydrogen-bond donors (Lipinski definition) is 1. The van der Waals surface area contributed by atoms with Gasteiger partial charge in [0.2, 0.25) is 15.9 Å². The first-order valence-corrected chi connectivity index (χ1v) is 10.6. The molecule has 9 heteroatoms. The lowest BCUT2D eigenvalue weighted by Crippen LogP contribution is -2.54. The molecule has 3 rings (SSSR count). The number of carbonyl (C=O) groups excluding carboxylic acids is 1. The van der Waals surface area contributed by atoms with Crippen LogP contribution in [0.5, 0.6) is 0 Å². The Balaban J connectivity index is 1.65. The molecule has 1 aliphatic heterocycles. The fourth-order valence-corrected chi connectivity index (χ4v) is 6.42. The molecular weight excluding hydrogens is 364 g/mol. The standard InChI is InChI=1S/C16H22N2O5S2/c1-10-9-14(11(2)24-10)25(22,23)18-7-5-17(6-8-18)15(19)12-3-4-13(12)16(20)21/h9,12-13H,3-8H2,1-2H3,(H,20,21). The second kappa shape index (κ2) is 6.69. The summed E-state index contributed by atoms with van der Waals surface area (Å²) in [5.41, 5.74) is 0. The molecule has 1 aromatic heterocycles. The summed E-state index contributed by atoms with van der Waals surface area (Å²) in [6.45, 7) is 4.78. The monoisotopic (exact) mass is 386 g/mol. The summed E-state index contributed by atoms with van der Waals surface area (Å²) in [7, 11) is -3.55. The van der Waals surface area contributed by atoms with E-state index in [1.54, 1.807) is 17.9 Å². The highest BCUT2D eigenvalue weighted by atomic mass is 32.2. The third kappa shape index (κ3) is 3.32. The topological polar surface area (TPSA) is 95.0 Å². The maximum atomic E-state index is 12.8. The number of rotatable bonds is 4. The van der Waals surface area contributed by atoms with Crippen molar-refractivity contribution in [2.75, 3.05) is 26.2 Å². The van der Waals surface area contributed by atoms with Gasteiger partial charge in [-0.2, -0.15) is 4.31 Å². The fourth-order valence-electron chi connectivity index (χ4n) is 3.48. The summed E-state index contributed by atoms with van der Waals surface area (Å²) in [6, 6.07) is 1.69. The third-order valence-corrected chi connectivity index (χ3v) is 8.19. The van der Waals surface area contributed by atoms with Crippen molar-refractivity contribution in [3.05, 3.63) is 15.8 Å². The number of sulfonamides is 1. The number of aliphatic carboxylic acids is 1. The van der Waals surface area contributed by atoms with Crippen molar-refractivity contribution in [2.45, 2.75) is 31.6 Å². The van der Waals surface area contributed by atoms with Crippen LogP contribution < -0.4 is 0 Å². The van der Waals surface area contributed by atoms with Crippen molar-refractivity contribution < 1.29 is 23.1 Å². The zero-order valence-corrected chi connectivity index (χ0v) is 15.9. The van der Waals surface area contributed by atoms with Crippen LogP contribution in [0.25, 0.3) is 0 Å². The molecule has 0 bridgehead atoms. The largest absolute Gasteiger partial charge is 0.481 e. The molecule has 0 spiro atoms. The number of aryl methyl sites for hydroxylation is 2. The SMILES string of the molecule is Cc1cc(S(=O)(=O)N2CCN(C(=O)C3CCC3C(=O)O)CC2)c(C)s1. The fraction of sp³-hybridized carbons (Fsp3) is 0.625. The van der Waals surface area contributed by atoms with E-state index >= 15 is 0 Å². The molecule has 0 radical (unpaired) electrons. The minimum absolute atomic E-state index is 0.154. The highest BCUT2D eigenvalue weighted by molar-refractivity contribution is 7.89. The van der Waals surface area contributed by atoms with Crippen molar-refractivity contribution in [3.8, 4) is 0 Å². The second-order valence-corrected chi connectivity index (χ2v) is 10.0. The molecule has 1 saturated carbocycles. The molecular formula is C16H22N2O5S2. The van der Waals surface area contributed by atoms with Gasteiger partial charge < -0.3 is 10.0 Å². The second-order valence-electron chi connectivity index (χ2n) is 6.64. The zero-order chi connectivity index (χ0) is 18.4. The average Bonchev–Trinajstić information content (AvgIpc) is 2.85. The molecule has 2 unspecified atom stereocenters. The Morgan fingerprint density at radius 2 is 1.72 bits per heavy atom. The van der Waals surface area contributed by atoms with Gasteiger partial charge in [0.05, 0.1) is 16.7 Å². The summed E-state index contributed by atoms with van der Waals surface area (Å²) in [6.07, 6.45) is 1.14. The third-order valence-electron chi connectivity index (χ3n) is 5.07. The van der Waals surface area contributed by atoms with E-state index in [1.165, 1.54) is 15.6 Å². The highest BCUT2D eigenvalue weighted by Crippen LogP contribution is 2.36. The Morgan fingerprint density at radius 3 is 2.16 bits per heavy atom. The Bertz CT molecular complexity index is 793. The van der Waals surface area contributed by atoms with E-state index in [2.05, 4.69) is 0 Å². The number of carboxylic acid groups (broad SMARTS) is 1. The van der Waals surface area contributed by atoms with E-state index in [0.29, 0.717) is 30.8 Å². The van der Waals surface area contributed by atoms with Gasteiger partial charge in [0.1, 0.15) is 0 Å². The average molecular weight is 386 g/mol. The van der Waals surface area contributed by atoms with Crippen LogP contribution in [0.1, 0.15) is 22.6 Å². The van der Waals surface area contributed by atoms with E-state index in [9.17, 15) is 18.0 Å². The Morgan fingerprint density at radius 1 is 1.12 bits per heavy atom. The van der Waals surface area contributed by atoms with E-state index in [0.717, 1.165) is 9.75 Å². The number of thiophene rings is 1. The maximum Gasteiger partial charge on any atom is 0.307 e. The van der Waals surface area contributed by atoms with Gasteiger partial charge in [-0.15, -0.1) is 11.3 Å². The van der Waals surface area contributed by atoms with Crippen LogP contribution in [-0.4, -0.2) is 60.8 Å². The van der Waals surface area contributed by atoms with E-state index in [4.69, 9.17) is 5.11 Å². The van der Waals surface area contributed by atoms with Gasteiger partial charge in [0.25, 0.3) is 0 Å². The lowest BCUT2D eigenvalue weighted by atomic mass is 9.73. The van der Waals surface area contributed by atoms with Crippen molar-refractivity contribution >= 4 is 33.2 Å². The van der Waals surface area contributed by atoms with Crippen molar-refractivity contribution in [1.29, 1.82) is 0 Å². The number of amides is 1. The summed E-state index contributed by atoms with van der Waals surface area (Å²) >= 11 is 1.46. The summed E-state index contributed by atoms with van der Waals surface area (Å²) < 4.78 is 27.0. The minimum atomic E-state index is -3.55. The normalized spacial score (nSPS) is 24.8. The van der Waals surface area contributed by atoms with Crippen molar-refractivity contribution in [2.24, 2.45) is 11.8 Å². The summed E-state index contributed by atoms with van der Waals surface area (Å²) in [4.78, 5) is 27.3. The van der Waals surface area contributed by atoms with Crippen molar-refractivity contribution in [3.63, 3.8) is 0 Å². The molecule has 1 amide bonds. The summed E-state index contributed by atoms with van der Waals surface area (Å²) in [5, 5.41) is 9.10. The van der Waals surface area contributed by atoms with Crippen LogP contribution in [0.3, 0.4) is 0 Å². The number of piperazine rings is 1. The van der Waals surface area contributed by atoms with E-state index in [-0.39, 0.29) is 19.0 Å². The summed E-state index contributed by atoms with van der Waals surface area (Å²) in [5.74, 6) is -2.12. The van der Waals surface area contributed by atoms with Gasteiger partial charge in [0, 0.05) is 35.9 Å². The van der Waals surface area contributed by atoms with Gasteiger partial charge >= 0.3 is 5.97 Å². The van der Waals surface area contributed by atoms with Crippen LogP contribution in [0.2, 0.25) is 0 Å². The van der Waals surface area contributed by atoms with Gasteiger partial charge in [-0.25, -0.2) is 8.42 Å². The quantitative estimate of drug-likeness (QED) is 0.842. The molecule has 1 N–H and O–H groups in total. The van der Waals surface area contributed by atoms with Crippen LogP contribution >= 0.6 is 11.3 Å². The lowest BCUT2D eigenvalue weighted by Gasteiger charge is -2.40. The first-order valence-electron chi connectivity index (χ1n) is 8.30. The lowest BCUT2D eigenvalue weighted by molar-refractivity contribution is -0.157. The van der Waals surface area contributed by atoms with Crippen LogP contribution in [-0.2, 0) is 19.6 Å². The van der Waals surface area contributed by atoms with Gasteiger partial charge in [-0.05, 0) is 32.8 Å². The molecule has 1 aromatic rings. The smallest absolute Gasteiger partial charge is 0.307 e. The van der Waals surface area contributed by atoms with Crippen molar-refractivity contribution in [1.82, 2.24) is 9.21 Å². The Labute approximate surface area is 151 Å². The van der Waals surface area contributed by atoms with Crippen LogP contribution in [0.4, 0.5) is 0 Å². The molecule has 2 heterocycles. The highest BCUT2D eigenvalue weighted by Gasteiger charge is 2.44.